The minimum atomic E-state index is -3.61. The average molecular weight is 546 g/mol. The van der Waals surface area contributed by atoms with E-state index in [9.17, 15) is 18.0 Å². The van der Waals surface area contributed by atoms with Gasteiger partial charge in [0.15, 0.2) is 11.5 Å². The van der Waals surface area contributed by atoms with Gasteiger partial charge in [-0.25, -0.2) is 8.42 Å². The van der Waals surface area contributed by atoms with E-state index in [1.165, 1.54) is 4.31 Å². The molecule has 0 fully saturated rings. The molecular weight excluding hydrogens is 506 g/mol. The standard InChI is InChI=1S/C28H39N3O6S/c1-6-24(28(33)29-17-20(2)3)30(18-22-10-7-9-21(4)15-22)27(32)11-8-14-31(38(5,34)35)23-12-13-25-26(16-23)37-19-36-25/h7,9-10,12-13,15-16,20,24H,6,8,11,14,17-19H2,1-5H3,(H,29,33)/t24-/m1/s1. The van der Waals surface area contributed by atoms with Crippen molar-refractivity contribution in [3.8, 4) is 11.5 Å². The molecule has 208 valence electrons. The van der Waals surface area contributed by atoms with Crippen LogP contribution in [0.4, 0.5) is 5.69 Å². The zero-order valence-corrected chi connectivity index (χ0v) is 23.7. The van der Waals surface area contributed by atoms with E-state index in [-0.39, 0.29) is 43.9 Å². The van der Waals surface area contributed by atoms with Gasteiger partial charge in [-0.1, -0.05) is 50.6 Å². The number of amides is 2. The highest BCUT2D eigenvalue weighted by molar-refractivity contribution is 7.92. The number of carbonyl (C=O) groups is 2. The summed E-state index contributed by atoms with van der Waals surface area (Å²) in [6, 6.07) is 12.2. The van der Waals surface area contributed by atoms with Crippen molar-refractivity contribution in [2.75, 3.05) is 30.4 Å². The van der Waals surface area contributed by atoms with Gasteiger partial charge in [0, 0.05) is 32.1 Å². The molecular formula is C28H39N3O6S. The molecule has 0 saturated carbocycles. The first-order valence-corrected chi connectivity index (χ1v) is 14.8. The lowest BCUT2D eigenvalue weighted by atomic mass is 10.1. The van der Waals surface area contributed by atoms with Crippen LogP contribution in [0, 0.1) is 12.8 Å². The fraction of sp³-hybridized carbons (Fsp3) is 0.500. The monoisotopic (exact) mass is 545 g/mol. The maximum absolute atomic E-state index is 13.5. The Labute approximate surface area is 226 Å². The van der Waals surface area contributed by atoms with E-state index in [4.69, 9.17) is 9.47 Å². The van der Waals surface area contributed by atoms with Crippen LogP contribution in [0.1, 0.15) is 51.2 Å². The topological polar surface area (TPSA) is 105 Å². The average Bonchev–Trinajstić information content (AvgIpc) is 3.32. The molecule has 9 nitrogen and oxygen atoms in total. The summed E-state index contributed by atoms with van der Waals surface area (Å²) < 4.78 is 37.2. The molecule has 2 amide bonds. The van der Waals surface area contributed by atoms with E-state index in [1.54, 1.807) is 23.1 Å². The van der Waals surface area contributed by atoms with Crippen molar-refractivity contribution in [1.82, 2.24) is 10.2 Å². The van der Waals surface area contributed by atoms with Crippen molar-refractivity contribution < 1.29 is 27.5 Å². The number of fused-ring (bicyclic) bond motifs is 1. The Kier molecular flexibility index (Phi) is 10.0. The minimum absolute atomic E-state index is 0.0896. The molecule has 0 aromatic heterocycles. The molecule has 1 atom stereocenters. The lowest BCUT2D eigenvalue weighted by Gasteiger charge is -2.31. The number of hydrogen-bond donors (Lipinski definition) is 1. The van der Waals surface area contributed by atoms with Crippen molar-refractivity contribution in [3.63, 3.8) is 0 Å². The lowest BCUT2D eigenvalue weighted by Crippen LogP contribution is -2.49. The number of rotatable bonds is 13. The van der Waals surface area contributed by atoms with Gasteiger partial charge in [-0.2, -0.15) is 0 Å². The molecule has 1 aliphatic rings. The number of hydrogen-bond acceptors (Lipinski definition) is 6. The molecule has 0 aliphatic carbocycles. The van der Waals surface area contributed by atoms with Crippen molar-refractivity contribution in [2.24, 2.45) is 5.92 Å². The molecule has 0 radical (unpaired) electrons. The largest absolute Gasteiger partial charge is 0.454 e. The second-order valence-corrected chi connectivity index (χ2v) is 12.0. The van der Waals surface area contributed by atoms with E-state index >= 15 is 0 Å². The first-order valence-electron chi connectivity index (χ1n) is 13.0. The number of anilines is 1. The van der Waals surface area contributed by atoms with Crippen LogP contribution in [0.15, 0.2) is 42.5 Å². The number of ether oxygens (including phenoxy) is 2. The molecule has 3 rings (SSSR count). The number of nitrogens with one attached hydrogen (secondary N) is 1. The highest BCUT2D eigenvalue weighted by atomic mass is 32.2. The number of aryl methyl sites for hydroxylation is 1. The van der Waals surface area contributed by atoms with Crippen molar-refractivity contribution >= 4 is 27.5 Å². The Bertz CT molecular complexity index is 1230. The Balaban J connectivity index is 1.76. The summed E-state index contributed by atoms with van der Waals surface area (Å²) in [5.74, 6) is 0.952. The molecule has 1 aliphatic heterocycles. The summed E-state index contributed by atoms with van der Waals surface area (Å²) in [6.45, 7) is 8.94. The second kappa shape index (κ2) is 13.0. The number of sulfonamides is 1. The first kappa shape index (κ1) is 29.3. The lowest BCUT2D eigenvalue weighted by molar-refractivity contribution is -0.141. The van der Waals surface area contributed by atoms with Gasteiger partial charge in [0.05, 0.1) is 11.9 Å². The molecule has 1 N–H and O–H groups in total. The van der Waals surface area contributed by atoms with E-state index in [2.05, 4.69) is 5.32 Å². The van der Waals surface area contributed by atoms with Crippen molar-refractivity contribution in [2.45, 2.75) is 59.5 Å². The maximum Gasteiger partial charge on any atom is 0.242 e. The minimum Gasteiger partial charge on any atom is -0.454 e. The van der Waals surface area contributed by atoms with Gasteiger partial charge in [-0.15, -0.1) is 0 Å². The van der Waals surface area contributed by atoms with E-state index in [0.717, 1.165) is 17.4 Å². The molecule has 2 aromatic carbocycles. The summed E-state index contributed by atoms with van der Waals surface area (Å²) >= 11 is 0. The molecule has 38 heavy (non-hydrogen) atoms. The molecule has 2 aromatic rings. The summed E-state index contributed by atoms with van der Waals surface area (Å²) in [5, 5.41) is 2.96. The summed E-state index contributed by atoms with van der Waals surface area (Å²) in [6.07, 6.45) is 1.98. The second-order valence-electron chi connectivity index (χ2n) is 10.0. The third kappa shape index (κ3) is 7.86. The van der Waals surface area contributed by atoms with E-state index in [1.807, 2.05) is 52.0 Å². The van der Waals surface area contributed by atoms with Crippen molar-refractivity contribution in [3.05, 3.63) is 53.6 Å². The molecule has 10 heteroatoms. The van der Waals surface area contributed by atoms with Crippen LogP contribution >= 0.6 is 0 Å². The van der Waals surface area contributed by atoms with Gasteiger partial charge in [0.2, 0.25) is 28.6 Å². The first-order chi connectivity index (χ1) is 18.0. The summed E-state index contributed by atoms with van der Waals surface area (Å²) in [5.41, 5.74) is 2.45. The smallest absolute Gasteiger partial charge is 0.242 e. The third-order valence-electron chi connectivity index (χ3n) is 6.30. The zero-order valence-electron chi connectivity index (χ0n) is 22.9. The normalized spacial score (nSPS) is 13.3. The van der Waals surface area contributed by atoms with Crippen molar-refractivity contribution in [1.29, 1.82) is 0 Å². The Morgan fingerprint density at radius 2 is 1.82 bits per heavy atom. The van der Waals surface area contributed by atoms with Crippen LogP contribution in [0.25, 0.3) is 0 Å². The predicted molar refractivity (Wildman–Crippen MR) is 148 cm³/mol. The molecule has 0 spiro atoms. The Morgan fingerprint density at radius 3 is 2.47 bits per heavy atom. The highest BCUT2D eigenvalue weighted by Gasteiger charge is 2.29. The molecule has 0 unspecified atom stereocenters. The van der Waals surface area contributed by atoms with Crippen LogP contribution in [-0.2, 0) is 26.2 Å². The summed E-state index contributed by atoms with van der Waals surface area (Å²) in [7, 11) is -3.61. The zero-order chi connectivity index (χ0) is 27.9. The van der Waals surface area contributed by atoms with Gasteiger partial charge < -0.3 is 19.7 Å². The van der Waals surface area contributed by atoms with Crippen LogP contribution < -0.4 is 19.1 Å². The highest BCUT2D eigenvalue weighted by Crippen LogP contribution is 2.36. The van der Waals surface area contributed by atoms with E-state index in [0.29, 0.717) is 36.7 Å². The van der Waals surface area contributed by atoms with Crippen LogP contribution in [-0.4, -0.2) is 57.3 Å². The number of nitrogens with zero attached hydrogens (tertiary/aromatic N) is 2. The molecule has 0 bridgehead atoms. The van der Waals surface area contributed by atoms with Crippen LogP contribution in [0.3, 0.4) is 0 Å². The molecule has 0 saturated heterocycles. The van der Waals surface area contributed by atoms with Gasteiger partial charge in [0.25, 0.3) is 0 Å². The Hall–Kier alpha value is -3.27. The fourth-order valence-electron chi connectivity index (χ4n) is 4.39. The SMILES string of the molecule is CC[C@H](C(=O)NCC(C)C)N(Cc1cccc(C)c1)C(=O)CCCN(c1ccc2c(c1)OCO2)S(C)(=O)=O. The van der Waals surface area contributed by atoms with Crippen LogP contribution in [0.2, 0.25) is 0 Å². The third-order valence-corrected chi connectivity index (χ3v) is 7.50. The van der Waals surface area contributed by atoms with E-state index < -0.39 is 16.1 Å². The van der Waals surface area contributed by atoms with Gasteiger partial charge in [0.1, 0.15) is 6.04 Å². The molecule has 1 heterocycles. The summed E-state index contributed by atoms with van der Waals surface area (Å²) in [4.78, 5) is 28.2. The Morgan fingerprint density at radius 1 is 1.08 bits per heavy atom. The quantitative estimate of drug-likeness (QED) is 0.410. The number of benzene rings is 2. The van der Waals surface area contributed by atoms with Crippen LogP contribution in [0.5, 0.6) is 11.5 Å². The van der Waals surface area contributed by atoms with Gasteiger partial charge in [-0.05, 0) is 43.4 Å². The van der Waals surface area contributed by atoms with Gasteiger partial charge in [-0.3, -0.25) is 13.9 Å². The fourth-order valence-corrected chi connectivity index (χ4v) is 5.35. The maximum atomic E-state index is 13.5. The number of carbonyl (C=O) groups excluding carboxylic acids is 2. The van der Waals surface area contributed by atoms with Gasteiger partial charge >= 0.3 is 0 Å². The predicted octanol–water partition coefficient (Wildman–Crippen LogP) is 3.85.